The molecule has 1 N–H and O–H groups in total. The van der Waals surface area contributed by atoms with Crippen molar-refractivity contribution in [3.8, 4) is 0 Å². The van der Waals surface area contributed by atoms with Gasteiger partial charge in [-0.15, -0.1) is 0 Å². The maximum absolute atomic E-state index is 12.7. The lowest BCUT2D eigenvalue weighted by Crippen LogP contribution is -2.45. The maximum atomic E-state index is 12.7. The number of aliphatic hydroxyl groups is 1. The third kappa shape index (κ3) is 3.05. The molecule has 1 aliphatic heterocycles. The summed E-state index contributed by atoms with van der Waals surface area (Å²) in [5.41, 5.74) is -1.23. The predicted octanol–water partition coefficient (Wildman–Crippen LogP) is 0.906. The lowest BCUT2D eigenvalue weighted by molar-refractivity contribution is -0.176. The van der Waals surface area contributed by atoms with E-state index in [1.54, 1.807) is 0 Å². The zero-order valence-electron chi connectivity index (χ0n) is 11.5. The molecule has 122 valence electrons. The number of ether oxygens (including phenoxy) is 1. The molecule has 2 heterocycles. The van der Waals surface area contributed by atoms with E-state index in [1.807, 2.05) is 0 Å². The Morgan fingerprint density at radius 1 is 1.41 bits per heavy atom. The van der Waals surface area contributed by atoms with E-state index >= 15 is 0 Å². The van der Waals surface area contributed by atoms with Crippen LogP contribution in [0.3, 0.4) is 0 Å². The molecule has 1 aromatic heterocycles. The summed E-state index contributed by atoms with van der Waals surface area (Å²) >= 11 is 0. The maximum Gasteiger partial charge on any atom is 0.431 e. The van der Waals surface area contributed by atoms with E-state index in [-0.39, 0.29) is 10.7 Å². The third-order valence-electron chi connectivity index (χ3n) is 2.97. The van der Waals surface area contributed by atoms with Gasteiger partial charge in [0, 0.05) is 19.6 Å². The first-order valence-corrected chi connectivity index (χ1v) is 7.75. The molecule has 0 aromatic carbocycles. The van der Waals surface area contributed by atoms with Gasteiger partial charge in [-0.2, -0.15) is 23.3 Å². The van der Waals surface area contributed by atoms with E-state index in [0.717, 1.165) is 31.7 Å². The minimum atomic E-state index is -4.73. The average Bonchev–Trinajstić information content (AvgIpc) is 2.77. The molecule has 0 radical (unpaired) electrons. The summed E-state index contributed by atoms with van der Waals surface area (Å²) in [6, 6.07) is 2.28. The molecule has 0 fully saturated rings. The van der Waals surface area contributed by atoms with Crippen molar-refractivity contribution in [1.29, 1.82) is 0 Å². The first-order chi connectivity index (χ1) is 9.97. The van der Waals surface area contributed by atoms with Gasteiger partial charge in [0.1, 0.15) is 5.71 Å². The average molecular weight is 339 g/mol. The number of aromatic nitrogens is 1. The first-order valence-electron chi connectivity index (χ1n) is 5.86. The number of halogens is 3. The summed E-state index contributed by atoms with van der Waals surface area (Å²) in [5, 5.41) is 13.9. The second kappa shape index (κ2) is 5.18. The van der Waals surface area contributed by atoms with Crippen molar-refractivity contribution >= 4 is 21.4 Å². The molecule has 0 saturated heterocycles. The van der Waals surface area contributed by atoms with Crippen LogP contribution in [0.1, 0.15) is 6.42 Å². The Bertz CT molecular complexity index is 702. The van der Waals surface area contributed by atoms with Gasteiger partial charge in [0.05, 0.1) is 11.3 Å². The summed E-state index contributed by atoms with van der Waals surface area (Å²) in [4.78, 5) is 3.60. The third-order valence-corrected chi connectivity index (χ3v) is 4.07. The highest BCUT2D eigenvalue weighted by atomic mass is 32.2. The molecule has 1 aliphatic rings. The Balaban J connectivity index is 2.42. The molecular weight excluding hydrogens is 327 g/mol. The highest BCUT2D eigenvalue weighted by Gasteiger charge is 2.51. The van der Waals surface area contributed by atoms with Crippen LogP contribution in [0.5, 0.6) is 0 Å². The van der Waals surface area contributed by atoms with Crippen LogP contribution in [0, 0.1) is 0 Å². The Hall–Kier alpha value is -1.72. The van der Waals surface area contributed by atoms with Crippen molar-refractivity contribution in [2.45, 2.75) is 23.4 Å². The number of hydrogen-bond donors (Lipinski definition) is 1. The molecule has 1 atom stereocenters. The van der Waals surface area contributed by atoms with Gasteiger partial charge in [-0.3, -0.25) is 0 Å². The van der Waals surface area contributed by atoms with Gasteiger partial charge < -0.3 is 9.84 Å². The zero-order valence-corrected chi connectivity index (χ0v) is 12.3. The van der Waals surface area contributed by atoms with Crippen LogP contribution < -0.4 is 5.01 Å². The Labute approximate surface area is 123 Å². The molecule has 0 aliphatic carbocycles. The molecule has 0 spiro atoms. The van der Waals surface area contributed by atoms with Gasteiger partial charge in [0.25, 0.3) is 5.91 Å². The Morgan fingerprint density at radius 3 is 2.45 bits per heavy atom. The molecule has 2 rings (SSSR count). The van der Waals surface area contributed by atoms with E-state index in [1.165, 1.54) is 0 Å². The highest BCUT2D eigenvalue weighted by Crippen LogP contribution is 2.35. The van der Waals surface area contributed by atoms with Gasteiger partial charge in [-0.05, 0) is 12.1 Å². The van der Waals surface area contributed by atoms with E-state index < -0.39 is 34.1 Å². The number of rotatable bonds is 3. The van der Waals surface area contributed by atoms with Crippen molar-refractivity contribution in [2.75, 3.05) is 18.4 Å². The number of alkyl halides is 3. The second-order valence-corrected chi connectivity index (χ2v) is 6.62. The van der Waals surface area contributed by atoms with Gasteiger partial charge >= 0.3 is 6.18 Å². The molecule has 1 unspecified atom stereocenters. The number of pyridine rings is 1. The van der Waals surface area contributed by atoms with Crippen LogP contribution in [0.15, 0.2) is 28.3 Å². The number of anilines is 1. The number of methoxy groups -OCH3 is 1. The fraction of sp³-hybridized carbons (Fsp3) is 0.455. The molecule has 11 heteroatoms. The normalized spacial score (nSPS) is 22.8. The van der Waals surface area contributed by atoms with Crippen LogP contribution >= 0.6 is 0 Å². The Morgan fingerprint density at radius 2 is 2.05 bits per heavy atom. The van der Waals surface area contributed by atoms with Crippen LogP contribution in [-0.4, -0.2) is 49.7 Å². The van der Waals surface area contributed by atoms with Crippen LogP contribution in [0.2, 0.25) is 0 Å². The summed E-state index contributed by atoms with van der Waals surface area (Å²) in [6.45, 7) is 0. The smallest absolute Gasteiger partial charge is 0.347 e. The van der Waals surface area contributed by atoms with Gasteiger partial charge in [-0.25, -0.2) is 13.4 Å². The number of hydrazone groups is 1. The van der Waals surface area contributed by atoms with Crippen molar-refractivity contribution in [3.63, 3.8) is 0 Å². The van der Waals surface area contributed by atoms with Crippen LogP contribution in [-0.2, 0) is 14.6 Å². The van der Waals surface area contributed by atoms with E-state index in [2.05, 4.69) is 10.1 Å². The van der Waals surface area contributed by atoms with Crippen LogP contribution in [0.25, 0.3) is 0 Å². The van der Waals surface area contributed by atoms with Crippen LogP contribution in [0.4, 0.5) is 19.0 Å². The number of nitrogens with zero attached hydrogens (tertiary/aromatic N) is 3. The Kier molecular flexibility index (Phi) is 3.92. The molecule has 7 nitrogen and oxygen atoms in total. The SMILES string of the molecule is COC1(O)CC(C(F)(F)F)=NN1c1ccc(S(C)(=O)=O)cn1. The largest absolute Gasteiger partial charge is 0.431 e. The van der Waals surface area contributed by atoms with E-state index in [0.29, 0.717) is 5.01 Å². The number of sulfone groups is 1. The topological polar surface area (TPSA) is 92.1 Å². The zero-order chi connectivity index (χ0) is 16.8. The van der Waals surface area contributed by atoms with E-state index in [9.17, 15) is 26.7 Å². The number of hydrogen-bond acceptors (Lipinski definition) is 7. The molecule has 0 amide bonds. The minimum absolute atomic E-state index is 0.114. The van der Waals surface area contributed by atoms with Crippen molar-refractivity contribution in [1.82, 2.24) is 4.98 Å². The standard InChI is InChI=1S/C11H12F3N3O4S/c1-21-10(18)5-8(11(12,13)14)16-17(10)9-4-3-7(6-15-9)22(2,19)20/h3-4,6,18H,5H2,1-2H3. The fourth-order valence-electron chi connectivity index (χ4n) is 1.79. The highest BCUT2D eigenvalue weighted by molar-refractivity contribution is 7.90. The second-order valence-electron chi connectivity index (χ2n) is 4.60. The van der Waals surface area contributed by atoms with Gasteiger partial charge in [0.2, 0.25) is 0 Å². The van der Waals surface area contributed by atoms with E-state index in [4.69, 9.17) is 4.74 Å². The fourth-order valence-corrected chi connectivity index (χ4v) is 2.35. The summed E-state index contributed by atoms with van der Waals surface area (Å²) in [7, 11) is -2.48. The lowest BCUT2D eigenvalue weighted by Gasteiger charge is -2.29. The van der Waals surface area contributed by atoms with Crippen molar-refractivity contribution in [3.05, 3.63) is 18.3 Å². The monoisotopic (exact) mass is 339 g/mol. The molecular formula is C11H12F3N3O4S. The summed E-state index contributed by atoms with van der Waals surface area (Å²) in [6.07, 6.45) is -3.71. The van der Waals surface area contributed by atoms with Crippen molar-refractivity contribution < 1.29 is 31.4 Å². The quantitative estimate of drug-likeness (QED) is 0.823. The molecule has 0 saturated carbocycles. The predicted molar refractivity (Wildman–Crippen MR) is 69.9 cm³/mol. The lowest BCUT2D eigenvalue weighted by atomic mass is 10.2. The summed E-state index contributed by atoms with van der Waals surface area (Å²) < 4.78 is 65.5. The molecule has 0 bridgehead atoms. The van der Waals surface area contributed by atoms with Gasteiger partial charge in [-0.1, -0.05) is 0 Å². The molecule has 1 aromatic rings. The first kappa shape index (κ1) is 16.6. The molecule has 22 heavy (non-hydrogen) atoms. The minimum Gasteiger partial charge on any atom is -0.347 e. The summed E-state index contributed by atoms with van der Waals surface area (Å²) in [5.74, 6) is -2.53. The van der Waals surface area contributed by atoms with Gasteiger partial charge in [0.15, 0.2) is 15.7 Å². The van der Waals surface area contributed by atoms with Crippen molar-refractivity contribution in [2.24, 2.45) is 5.10 Å².